The second-order valence-corrected chi connectivity index (χ2v) is 4.62. The molecule has 0 saturated heterocycles. The molecule has 0 fully saturated rings. The lowest BCUT2D eigenvalue weighted by Crippen LogP contribution is -2.09. The lowest BCUT2D eigenvalue weighted by atomic mass is 10.1. The summed E-state index contributed by atoms with van der Waals surface area (Å²) in [6.45, 7) is 1.99. The van der Waals surface area contributed by atoms with E-state index in [0.717, 1.165) is 17.2 Å². The van der Waals surface area contributed by atoms with Gasteiger partial charge in [0.15, 0.2) is 0 Å². The van der Waals surface area contributed by atoms with Crippen LogP contribution < -0.4 is 10.5 Å². The minimum atomic E-state index is -0.601. The van der Waals surface area contributed by atoms with Gasteiger partial charge >= 0.3 is 5.97 Å². The number of halogens is 1. The molecule has 0 spiro atoms. The van der Waals surface area contributed by atoms with E-state index in [1.165, 1.54) is 12.1 Å². The standard InChI is InChI=1S/C16H16FNO3/c1-10-3-6-15(20-2)11(7-10)9-21-16(19)13-5-4-12(17)8-14(13)18/h3-8H,9,18H2,1-2H3. The summed E-state index contributed by atoms with van der Waals surface area (Å²) in [4.78, 5) is 12.0. The zero-order valence-corrected chi connectivity index (χ0v) is 11.9. The van der Waals surface area contributed by atoms with E-state index in [4.69, 9.17) is 15.2 Å². The van der Waals surface area contributed by atoms with E-state index in [2.05, 4.69) is 0 Å². The van der Waals surface area contributed by atoms with Crippen LogP contribution >= 0.6 is 0 Å². The number of ether oxygens (including phenoxy) is 2. The summed E-state index contributed by atoms with van der Waals surface area (Å²) in [5.74, 6) is -0.457. The molecule has 4 nitrogen and oxygen atoms in total. The fourth-order valence-corrected chi connectivity index (χ4v) is 1.96. The van der Waals surface area contributed by atoms with Crippen LogP contribution in [0.1, 0.15) is 21.5 Å². The maximum absolute atomic E-state index is 13.0. The Labute approximate surface area is 122 Å². The van der Waals surface area contributed by atoms with E-state index < -0.39 is 11.8 Å². The van der Waals surface area contributed by atoms with E-state index in [1.807, 2.05) is 25.1 Å². The van der Waals surface area contributed by atoms with Crippen LogP contribution in [0.15, 0.2) is 36.4 Å². The third-order valence-corrected chi connectivity index (χ3v) is 3.03. The first-order valence-electron chi connectivity index (χ1n) is 6.37. The van der Waals surface area contributed by atoms with Gasteiger partial charge in [0.2, 0.25) is 0 Å². The fourth-order valence-electron chi connectivity index (χ4n) is 1.96. The molecule has 0 aliphatic heterocycles. The van der Waals surface area contributed by atoms with Gasteiger partial charge < -0.3 is 15.2 Å². The minimum Gasteiger partial charge on any atom is -0.496 e. The molecule has 2 N–H and O–H groups in total. The molecular weight excluding hydrogens is 273 g/mol. The number of hydrogen-bond acceptors (Lipinski definition) is 4. The Hall–Kier alpha value is -2.56. The molecule has 0 amide bonds. The summed E-state index contributed by atoms with van der Waals surface area (Å²) >= 11 is 0. The van der Waals surface area contributed by atoms with Crippen molar-refractivity contribution in [3.8, 4) is 5.75 Å². The molecule has 0 aliphatic carbocycles. The molecule has 0 heterocycles. The van der Waals surface area contributed by atoms with Gasteiger partial charge in [-0.2, -0.15) is 0 Å². The largest absolute Gasteiger partial charge is 0.496 e. The fraction of sp³-hybridized carbons (Fsp3) is 0.188. The molecule has 0 radical (unpaired) electrons. The first kappa shape index (κ1) is 14.8. The monoisotopic (exact) mass is 289 g/mol. The van der Waals surface area contributed by atoms with Gasteiger partial charge in [0.05, 0.1) is 12.7 Å². The number of esters is 1. The zero-order chi connectivity index (χ0) is 15.4. The van der Waals surface area contributed by atoms with Crippen LogP contribution in [-0.2, 0) is 11.3 Å². The number of nitrogens with two attached hydrogens (primary N) is 1. The van der Waals surface area contributed by atoms with Crippen molar-refractivity contribution >= 4 is 11.7 Å². The van der Waals surface area contributed by atoms with E-state index in [-0.39, 0.29) is 17.9 Å². The number of benzene rings is 2. The first-order chi connectivity index (χ1) is 10.0. The average Bonchev–Trinajstić information content (AvgIpc) is 2.45. The maximum Gasteiger partial charge on any atom is 0.340 e. The van der Waals surface area contributed by atoms with Gasteiger partial charge in [0, 0.05) is 11.3 Å². The molecule has 110 valence electrons. The van der Waals surface area contributed by atoms with Gasteiger partial charge in [-0.05, 0) is 37.3 Å². The lowest BCUT2D eigenvalue weighted by Gasteiger charge is -2.11. The Morgan fingerprint density at radius 2 is 2.00 bits per heavy atom. The Balaban J connectivity index is 2.12. The molecule has 2 aromatic carbocycles. The summed E-state index contributed by atoms with van der Waals surface area (Å²) in [6, 6.07) is 9.15. The van der Waals surface area contributed by atoms with Crippen molar-refractivity contribution in [2.45, 2.75) is 13.5 Å². The highest BCUT2D eigenvalue weighted by molar-refractivity contribution is 5.95. The lowest BCUT2D eigenvalue weighted by molar-refractivity contribution is 0.0471. The molecule has 2 aromatic rings. The summed E-state index contributed by atoms with van der Waals surface area (Å²) in [5.41, 5.74) is 7.59. The molecule has 0 aromatic heterocycles. The highest BCUT2D eigenvalue weighted by Gasteiger charge is 2.13. The van der Waals surface area contributed by atoms with Crippen LogP contribution in [0.5, 0.6) is 5.75 Å². The number of methoxy groups -OCH3 is 1. The average molecular weight is 289 g/mol. The molecule has 2 rings (SSSR count). The normalized spacial score (nSPS) is 10.2. The van der Waals surface area contributed by atoms with Crippen LogP contribution in [0, 0.1) is 12.7 Å². The molecule has 0 bridgehead atoms. The van der Waals surface area contributed by atoms with E-state index in [0.29, 0.717) is 5.75 Å². The predicted octanol–water partition coefficient (Wildman–Crippen LogP) is 3.08. The number of hydrogen-bond donors (Lipinski definition) is 1. The third-order valence-electron chi connectivity index (χ3n) is 3.03. The maximum atomic E-state index is 13.0. The summed E-state index contributed by atoms with van der Waals surface area (Å²) in [5, 5.41) is 0. The van der Waals surface area contributed by atoms with Crippen LogP contribution in [0.3, 0.4) is 0 Å². The molecule has 0 unspecified atom stereocenters. The predicted molar refractivity (Wildman–Crippen MR) is 77.7 cm³/mol. The Morgan fingerprint density at radius 3 is 2.67 bits per heavy atom. The Bertz CT molecular complexity index is 671. The van der Waals surface area contributed by atoms with Gasteiger partial charge in [-0.25, -0.2) is 9.18 Å². The minimum absolute atomic E-state index is 0.0520. The molecule has 0 aliphatic rings. The molecule has 0 saturated carbocycles. The highest BCUT2D eigenvalue weighted by Crippen LogP contribution is 2.22. The van der Waals surface area contributed by atoms with Crippen molar-refractivity contribution in [2.75, 3.05) is 12.8 Å². The number of carbonyl (C=O) groups is 1. The summed E-state index contributed by atoms with van der Waals surface area (Å²) in [7, 11) is 1.55. The van der Waals surface area contributed by atoms with E-state index in [9.17, 15) is 9.18 Å². The SMILES string of the molecule is COc1ccc(C)cc1COC(=O)c1ccc(F)cc1N. The van der Waals surface area contributed by atoms with Crippen LogP contribution in [0.4, 0.5) is 10.1 Å². The zero-order valence-electron chi connectivity index (χ0n) is 11.9. The summed E-state index contributed by atoms with van der Waals surface area (Å²) in [6.07, 6.45) is 0. The van der Waals surface area contributed by atoms with Crippen LogP contribution in [-0.4, -0.2) is 13.1 Å². The molecular formula is C16H16FNO3. The quantitative estimate of drug-likeness (QED) is 0.694. The van der Waals surface area contributed by atoms with Gasteiger partial charge in [0.1, 0.15) is 18.2 Å². The molecule has 5 heteroatoms. The molecule has 0 atom stereocenters. The van der Waals surface area contributed by atoms with Crippen molar-refractivity contribution in [1.82, 2.24) is 0 Å². The van der Waals surface area contributed by atoms with Crippen molar-refractivity contribution in [1.29, 1.82) is 0 Å². The smallest absolute Gasteiger partial charge is 0.340 e. The second kappa shape index (κ2) is 6.26. The summed E-state index contributed by atoms with van der Waals surface area (Å²) < 4.78 is 23.4. The molecule has 21 heavy (non-hydrogen) atoms. The van der Waals surface area contributed by atoms with Crippen molar-refractivity contribution in [3.05, 3.63) is 58.9 Å². The first-order valence-corrected chi connectivity index (χ1v) is 6.37. The topological polar surface area (TPSA) is 61.5 Å². The number of anilines is 1. The van der Waals surface area contributed by atoms with Crippen molar-refractivity contribution < 1.29 is 18.7 Å². The number of rotatable bonds is 4. The van der Waals surface area contributed by atoms with Crippen LogP contribution in [0.25, 0.3) is 0 Å². The van der Waals surface area contributed by atoms with Gasteiger partial charge in [-0.15, -0.1) is 0 Å². The van der Waals surface area contributed by atoms with E-state index >= 15 is 0 Å². The van der Waals surface area contributed by atoms with Crippen molar-refractivity contribution in [3.63, 3.8) is 0 Å². The highest BCUT2D eigenvalue weighted by atomic mass is 19.1. The van der Waals surface area contributed by atoms with Crippen LogP contribution in [0.2, 0.25) is 0 Å². The number of aryl methyl sites for hydroxylation is 1. The van der Waals surface area contributed by atoms with Gasteiger partial charge in [-0.3, -0.25) is 0 Å². The van der Waals surface area contributed by atoms with E-state index in [1.54, 1.807) is 7.11 Å². The third kappa shape index (κ3) is 3.51. The van der Waals surface area contributed by atoms with Gasteiger partial charge in [0.25, 0.3) is 0 Å². The Kier molecular flexibility index (Phi) is 4.42. The van der Waals surface area contributed by atoms with Gasteiger partial charge in [-0.1, -0.05) is 11.6 Å². The Morgan fingerprint density at radius 1 is 1.24 bits per heavy atom. The van der Waals surface area contributed by atoms with Crippen molar-refractivity contribution in [2.24, 2.45) is 0 Å². The number of carbonyl (C=O) groups excluding carboxylic acids is 1. The second-order valence-electron chi connectivity index (χ2n) is 4.62. The number of nitrogen functional groups attached to an aromatic ring is 1.